The Balaban J connectivity index is 1.62. The van der Waals surface area contributed by atoms with Crippen LogP contribution in [0.2, 0.25) is 5.02 Å². The van der Waals surface area contributed by atoms with Crippen LogP contribution in [-0.2, 0) is 11.2 Å². The lowest BCUT2D eigenvalue weighted by molar-refractivity contribution is -0.112. The van der Waals surface area contributed by atoms with Crippen LogP contribution in [0.1, 0.15) is 23.1 Å². The van der Waals surface area contributed by atoms with Crippen LogP contribution in [0.25, 0.3) is 6.08 Å². The van der Waals surface area contributed by atoms with Gasteiger partial charge >= 0.3 is 0 Å². The fourth-order valence-corrected chi connectivity index (χ4v) is 3.63. The summed E-state index contributed by atoms with van der Waals surface area (Å²) in [6.07, 6.45) is 2.19. The molecule has 10 heteroatoms. The summed E-state index contributed by atoms with van der Waals surface area (Å²) in [4.78, 5) is 12.5. The third-order valence-corrected chi connectivity index (χ3v) is 6.00. The van der Waals surface area contributed by atoms with E-state index < -0.39 is 5.91 Å². The summed E-state index contributed by atoms with van der Waals surface area (Å²) in [5, 5.41) is 21.7. The Morgan fingerprint density at radius 1 is 1.18 bits per heavy atom. The van der Waals surface area contributed by atoms with Crippen molar-refractivity contribution in [3.05, 3.63) is 63.1 Å². The first-order chi connectivity index (χ1) is 16.4. The van der Waals surface area contributed by atoms with Crippen LogP contribution in [0.4, 0.5) is 5.13 Å². The topological polar surface area (TPSA) is 106 Å². The van der Waals surface area contributed by atoms with Gasteiger partial charge in [-0.15, -0.1) is 10.2 Å². The molecule has 3 rings (SSSR count). The van der Waals surface area contributed by atoms with E-state index in [4.69, 9.17) is 25.8 Å². The Bertz CT molecular complexity index is 1240. The van der Waals surface area contributed by atoms with Gasteiger partial charge in [0.1, 0.15) is 35.6 Å². The number of nitrogens with zero attached hydrogens (tertiary/aromatic N) is 3. The molecule has 0 saturated carbocycles. The van der Waals surface area contributed by atoms with Crippen molar-refractivity contribution in [2.75, 3.05) is 25.6 Å². The van der Waals surface area contributed by atoms with Crippen LogP contribution in [0.15, 0.2) is 42.0 Å². The van der Waals surface area contributed by atoms with Crippen molar-refractivity contribution in [3.8, 4) is 23.3 Å². The molecule has 0 bridgehead atoms. The van der Waals surface area contributed by atoms with Gasteiger partial charge in [0.05, 0.1) is 7.11 Å². The molecule has 1 heterocycles. The molecule has 2 aromatic carbocycles. The molecule has 0 saturated heterocycles. The first-order valence-corrected chi connectivity index (χ1v) is 11.6. The molecular weight excluding hydrogens is 476 g/mol. The zero-order chi connectivity index (χ0) is 24.5. The van der Waals surface area contributed by atoms with E-state index in [0.29, 0.717) is 46.2 Å². The van der Waals surface area contributed by atoms with Gasteiger partial charge in [-0.05, 0) is 60.9 Å². The highest BCUT2D eigenvalue weighted by atomic mass is 35.5. The van der Waals surface area contributed by atoms with Crippen molar-refractivity contribution in [1.82, 2.24) is 10.2 Å². The summed E-state index contributed by atoms with van der Waals surface area (Å²) in [5.41, 5.74) is 1.47. The van der Waals surface area contributed by atoms with Crippen LogP contribution in [0.3, 0.4) is 0 Å². The van der Waals surface area contributed by atoms with Crippen molar-refractivity contribution in [2.45, 2.75) is 20.3 Å². The molecule has 0 radical (unpaired) electrons. The number of carbonyl (C=O) groups is 1. The van der Waals surface area contributed by atoms with Gasteiger partial charge in [0.25, 0.3) is 5.91 Å². The zero-order valence-corrected chi connectivity index (χ0v) is 20.5. The second-order valence-electron chi connectivity index (χ2n) is 7.00. The van der Waals surface area contributed by atoms with Gasteiger partial charge in [0.15, 0.2) is 11.5 Å². The molecule has 0 unspecified atom stereocenters. The summed E-state index contributed by atoms with van der Waals surface area (Å²) in [7, 11) is 1.52. The predicted molar refractivity (Wildman–Crippen MR) is 132 cm³/mol. The smallest absolute Gasteiger partial charge is 0.268 e. The third kappa shape index (κ3) is 6.70. The molecule has 0 aliphatic rings. The average molecular weight is 499 g/mol. The largest absolute Gasteiger partial charge is 0.493 e. The van der Waals surface area contributed by atoms with Gasteiger partial charge in [0.2, 0.25) is 5.13 Å². The van der Waals surface area contributed by atoms with Crippen LogP contribution >= 0.6 is 22.9 Å². The SMILES string of the molecule is CCc1nnc(NC(=O)/C(C#N)=C\c2ccc(OCCOc3ccc(Cl)c(C)c3)c(OC)c2)s1. The number of amides is 1. The molecule has 0 fully saturated rings. The van der Waals surface area contributed by atoms with E-state index in [0.717, 1.165) is 17.0 Å². The van der Waals surface area contributed by atoms with Crippen molar-refractivity contribution in [1.29, 1.82) is 5.26 Å². The quantitative estimate of drug-likeness (QED) is 0.236. The predicted octanol–water partition coefficient (Wildman–Crippen LogP) is 5.07. The number of methoxy groups -OCH3 is 1. The van der Waals surface area contributed by atoms with E-state index in [-0.39, 0.29) is 5.57 Å². The lowest BCUT2D eigenvalue weighted by atomic mass is 10.1. The van der Waals surface area contributed by atoms with E-state index in [1.54, 1.807) is 30.3 Å². The average Bonchev–Trinajstić information content (AvgIpc) is 3.30. The maximum absolute atomic E-state index is 12.5. The number of anilines is 1. The Morgan fingerprint density at radius 3 is 2.65 bits per heavy atom. The fourth-order valence-electron chi connectivity index (χ4n) is 2.84. The minimum atomic E-state index is -0.560. The van der Waals surface area contributed by atoms with Gasteiger partial charge in [-0.2, -0.15) is 5.26 Å². The number of benzene rings is 2. The van der Waals surface area contributed by atoms with Crippen LogP contribution in [0, 0.1) is 18.3 Å². The summed E-state index contributed by atoms with van der Waals surface area (Å²) < 4.78 is 16.9. The summed E-state index contributed by atoms with van der Waals surface area (Å²) in [5.74, 6) is 1.12. The second-order valence-corrected chi connectivity index (χ2v) is 8.47. The molecule has 0 spiro atoms. The normalized spacial score (nSPS) is 11.0. The Morgan fingerprint density at radius 2 is 1.97 bits per heavy atom. The molecule has 0 aliphatic carbocycles. The Hall–Kier alpha value is -3.61. The maximum Gasteiger partial charge on any atom is 0.268 e. The van der Waals surface area contributed by atoms with Crippen LogP contribution < -0.4 is 19.5 Å². The van der Waals surface area contributed by atoms with Crippen LogP contribution in [-0.4, -0.2) is 36.4 Å². The van der Waals surface area contributed by atoms with Gasteiger partial charge in [-0.1, -0.05) is 35.9 Å². The van der Waals surface area contributed by atoms with Crippen molar-refractivity contribution in [2.24, 2.45) is 0 Å². The fraction of sp³-hybridized carbons (Fsp3) is 0.250. The molecule has 34 heavy (non-hydrogen) atoms. The maximum atomic E-state index is 12.5. The third-order valence-electron chi connectivity index (χ3n) is 4.59. The molecule has 1 N–H and O–H groups in total. The lowest BCUT2D eigenvalue weighted by Crippen LogP contribution is -2.13. The summed E-state index contributed by atoms with van der Waals surface area (Å²) in [6, 6.07) is 12.5. The summed E-state index contributed by atoms with van der Waals surface area (Å²) in [6.45, 7) is 4.48. The first kappa shape index (κ1) is 25.0. The van der Waals surface area contributed by atoms with Gasteiger partial charge in [-0.25, -0.2) is 0 Å². The molecule has 3 aromatic rings. The second kappa shape index (κ2) is 12.0. The highest BCUT2D eigenvalue weighted by Gasteiger charge is 2.13. The Kier molecular flexibility index (Phi) is 8.85. The van der Waals surface area contributed by atoms with Gasteiger partial charge in [-0.3, -0.25) is 10.1 Å². The van der Waals surface area contributed by atoms with E-state index in [1.165, 1.54) is 24.5 Å². The number of nitrogens with one attached hydrogen (secondary N) is 1. The minimum Gasteiger partial charge on any atom is -0.493 e. The van der Waals surface area contributed by atoms with Crippen molar-refractivity contribution in [3.63, 3.8) is 0 Å². The number of hydrogen-bond donors (Lipinski definition) is 1. The number of rotatable bonds is 10. The number of aryl methyl sites for hydroxylation is 2. The number of hydrogen-bond acceptors (Lipinski definition) is 8. The molecule has 8 nitrogen and oxygen atoms in total. The minimum absolute atomic E-state index is 0.0735. The van der Waals surface area contributed by atoms with E-state index >= 15 is 0 Å². The van der Waals surface area contributed by atoms with Crippen molar-refractivity contribution < 1.29 is 19.0 Å². The van der Waals surface area contributed by atoms with Gasteiger partial charge in [0, 0.05) is 5.02 Å². The van der Waals surface area contributed by atoms with Crippen molar-refractivity contribution >= 4 is 40.1 Å². The highest BCUT2D eigenvalue weighted by molar-refractivity contribution is 7.15. The number of halogens is 1. The highest BCUT2D eigenvalue weighted by Crippen LogP contribution is 2.29. The van der Waals surface area contributed by atoms with E-state index in [2.05, 4.69) is 15.5 Å². The van der Waals surface area contributed by atoms with E-state index in [1.807, 2.05) is 26.0 Å². The number of ether oxygens (including phenoxy) is 3. The summed E-state index contributed by atoms with van der Waals surface area (Å²) >= 11 is 7.29. The molecule has 0 aliphatic heterocycles. The van der Waals surface area contributed by atoms with Crippen LogP contribution in [0.5, 0.6) is 17.2 Å². The lowest BCUT2D eigenvalue weighted by Gasteiger charge is -2.12. The number of nitriles is 1. The molecule has 176 valence electrons. The first-order valence-electron chi connectivity index (χ1n) is 10.4. The molecule has 1 amide bonds. The Labute approximate surface area is 206 Å². The zero-order valence-electron chi connectivity index (χ0n) is 18.9. The van der Waals surface area contributed by atoms with E-state index in [9.17, 15) is 10.1 Å². The number of carbonyl (C=O) groups excluding carboxylic acids is 1. The standard InChI is InChI=1S/C24H23ClN4O4S/c1-4-22-28-29-24(34-22)27-23(30)17(14-26)12-16-5-8-20(21(13-16)31-3)33-10-9-32-18-6-7-19(25)15(2)11-18/h5-8,11-13H,4,9-10H2,1-3H3,(H,27,29,30)/b17-12-. The molecular formula is C24H23ClN4O4S. The molecule has 1 aromatic heterocycles. The molecule has 0 atom stereocenters. The number of aromatic nitrogens is 2. The monoisotopic (exact) mass is 498 g/mol. The van der Waals surface area contributed by atoms with Gasteiger partial charge < -0.3 is 14.2 Å².